The van der Waals surface area contributed by atoms with Gasteiger partial charge in [0.05, 0.1) is 0 Å². The summed E-state index contributed by atoms with van der Waals surface area (Å²) in [7, 11) is 0. The van der Waals surface area contributed by atoms with E-state index in [0.717, 1.165) is 4.47 Å². The first-order valence-electron chi connectivity index (χ1n) is 2.23. The van der Waals surface area contributed by atoms with Gasteiger partial charge >= 0.3 is 65.1 Å². The predicted molar refractivity (Wildman–Crippen MR) is 40.9 cm³/mol. The Labute approximate surface area is 65.2 Å². The average Bonchev–Trinajstić information content (AvgIpc) is 1.77. The van der Waals surface area contributed by atoms with E-state index in [1.807, 2.05) is 24.3 Å². The molecule has 0 nitrogen and oxygen atoms in total. The van der Waals surface area contributed by atoms with Crippen molar-refractivity contribution in [2.45, 2.75) is 0 Å². The van der Waals surface area contributed by atoms with Gasteiger partial charge in [0.25, 0.3) is 0 Å². The monoisotopic (exact) mass is 236 g/mol. The quantitative estimate of drug-likeness (QED) is 0.589. The summed E-state index contributed by atoms with van der Waals surface area (Å²) in [5.74, 6) is 0. The fourth-order valence-corrected chi connectivity index (χ4v) is 1.02. The van der Waals surface area contributed by atoms with E-state index in [0.29, 0.717) is 0 Å². The molecule has 0 N–H and O–H groups in total. The van der Waals surface area contributed by atoms with Gasteiger partial charge in [-0.1, -0.05) is 0 Å². The fraction of sp³-hybridized carbons (Fsp3) is 0. The second kappa shape index (κ2) is 2.67. The van der Waals surface area contributed by atoms with Gasteiger partial charge in [-0.05, 0) is 0 Å². The second-order valence-electron chi connectivity index (χ2n) is 1.48. The Morgan fingerprint density at radius 2 is 1.62 bits per heavy atom. The van der Waals surface area contributed by atoms with Gasteiger partial charge in [0.1, 0.15) is 0 Å². The van der Waals surface area contributed by atoms with E-state index in [-0.39, 0.29) is 0 Å². The topological polar surface area (TPSA) is 0 Å². The van der Waals surface area contributed by atoms with Crippen molar-refractivity contribution in [3.8, 4) is 0 Å². The molecule has 0 atom stereocenters. The van der Waals surface area contributed by atoms with Crippen LogP contribution < -0.4 is 4.46 Å². The Kier molecular flexibility index (Phi) is 2.12. The summed E-state index contributed by atoms with van der Waals surface area (Å²) in [4.78, 5) is 0. The average molecular weight is 236 g/mol. The molecule has 0 aliphatic heterocycles. The van der Waals surface area contributed by atoms with Crippen LogP contribution in [0, 0.1) is 0 Å². The summed E-state index contributed by atoms with van der Waals surface area (Å²) in [5, 5.41) is 0. The first-order chi connectivity index (χ1) is 3.79. The molecule has 0 aliphatic carbocycles. The van der Waals surface area contributed by atoms with Crippen LogP contribution in [0.5, 0.6) is 0 Å². The Balaban J connectivity index is 3.03. The zero-order valence-corrected chi connectivity index (χ0v) is 7.60. The molecule has 42 valence electrons. The summed E-state index contributed by atoms with van der Waals surface area (Å²) < 4.78 is 2.37. The van der Waals surface area contributed by atoms with E-state index in [9.17, 15) is 0 Å². The zero-order valence-electron chi connectivity index (χ0n) is 4.13. The van der Waals surface area contributed by atoms with Crippen LogP contribution in [0.25, 0.3) is 0 Å². The molecular formula is C6H5BrSe. The Bertz CT molecular complexity index is 147. The van der Waals surface area contributed by atoms with Crippen molar-refractivity contribution in [3.05, 3.63) is 28.7 Å². The van der Waals surface area contributed by atoms with E-state index < -0.39 is 0 Å². The van der Waals surface area contributed by atoms with E-state index >= 15 is 0 Å². The van der Waals surface area contributed by atoms with E-state index in [1.54, 1.807) is 0 Å². The third kappa shape index (κ3) is 1.62. The van der Waals surface area contributed by atoms with E-state index in [2.05, 4.69) is 31.9 Å². The van der Waals surface area contributed by atoms with Crippen molar-refractivity contribution in [1.82, 2.24) is 0 Å². The maximum atomic E-state index is 3.34. The van der Waals surface area contributed by atoms with Gasteiger partial charge in [-0.15, -0.1) is 0 Å². The maximum absolute atomic E-state index is 3.34. The number of hydrogen-bond acceptors (Lipinski definition) is 0. The molecule has 0 bridgehead atoms. The molecule has 1 aromatic carbocycles. The summed E-state index contributed by atoms with van der Waals surface area (Å²) >= 11 is 5.83. The van der Waals surface area contributed by atoms with Crippen molar-refractivity contribution < 1.29 is 0 Å². The Morgan fingerprint density at radius 3 is 2.00 bits per heavy atom. The number of halogens is 1. The van der Waals surface area contributed by atoms with Crippen LogP contribution in [0.4, 0.5) is 0 Å². The molecule has 0 aromatic heterocycles. The van der Waals surface area contributed by atoms with Crippen LogP contribution in [0.3, 0.4) is 0 Å². The molecule has 0 fully saturated rings. The molecule has 0 unspecified atom stereocenters. The standard InChI is InChI=1S/C6H5BrSe/c7-5-1-3-6(8)4-2-5/h1-4,8H. The van der Waals surface area contributed by atoms with Crippen molar-refractivity contribution in [2.75, 3.05) is 0 Å². The van der Waals surface area contributed by atoms with Crippen molar-refractivity contribution in [3.63, 3.8) is 0 Å². The molecule has 8 heavy (non-hydrogen) atoms. The normalized spacial score (nSPS) is 9.25. The molecule has 0 saturated carbocycles. The molecule has 0 radical (unpaired) electrons. The van der Waals surface area contributed by atoms with Crippen LogP contribution >= 0.6 is 15.9 Å². The zero-order chi connectivity index (χ0) is 5.98. The van der Waals surface area contributed by atoms with Gasteiger partial charge < -0.3 is 0 Å². The SMILES string of the molecule is [SeH]c1ccc(Br)cc1. The van der Waals surface area contributed by atoms with Crippen LogP contribution in [0.1, 0.15) is 0 Å². The molecule has 0 saturated heterocycles. The fourth-order valence-electron chi connectivity index (χ4n) is 0.441. The van der Waals surface area contributed by atoms with Crippen molar-refractivity contribution in [1.29, 1.82) is 0 Å². The van der Waals surface area contributed by atoms with Crippen LogP contribution in [0.15, 0.2) is 28.7 Å². The molecule has 1 aromatic rings. The molecular weight excluding hydrogens is 231 g/mol. The number of benzene rings is 1. The van der Waals surface area contributed by atoms with Crippen LogP contribution in [-0.4, -0.2) is 16.0 Å². The van der Waals surface area contributed by atoms with Crippen molar-refractivity contribution in [2.24, 2.45) is 0 Å². The summed E-state index contributed by atoms with van der Waals surface area (Å²) in [6, 6.07) is 8.13. The second-order valence-corrected chi connectivity index (χ2v) is 3.48. The van der Waals surface area contributed by atoms with Crippen molar-refractivity contribution >= 4 is 36.4 Å². The third-order valence-corrected chi connectivity index (χ3v) is 1.98. The number of rotatable bonds is 0. The van der Waals surface area contributed by atoms with Crippen LogP contribution in [0.2, 0.25) is 0 Å². The summed E-state index contributed by atoms with van der Waals surface area (Å²) in [5.41, 5.74) is 0. The van der Waals surface area contributed by atoms with E-state index in [1.165, 1.54) is 4.46 Å². The molecule has 0 spiro atoms. The molecule has 1 rings (SSSR count). The van der Waals surface area contributed by atoms with Gasteiger partial charge in [-0.3, -0.25) is 0 Å². The number of hydrogen-bond donors (Lipinski definition) is 0. The first-order valence-corrected chi connectivity index (χ1v) is 3.97. The first kappa shape index (κ1) is 6.34. The molecule has 0 heterocycles. The molecule has 2 heteroatoms. The molecule has 0 amide bonds. The summed E-state index contributed by atoms with van der Waals surface area (Å²) in [6.07, 6.45) is 0. The van der Waals surface area contributed by atoms with E-state index in [4.69, 9.17) is 0 Å². The minimum atomic E-state index is 1.13. The van der Waals surface area contributed by atoms with Gasteiger partial charge in [-0.25, -0.2) is 0 Å². The van der Waals surface area contributed by atoms with Gasteiger partial charge in [0, 0.05) is 0 Å². The van der Waals surface area contributed by atoms with Gasteiger partial charge in [-0.2, -0.15) is 0 Å². The predicted octanol–water partition coefficient (Wildman–Crippen LogP) is 0.975. The minimum absolute atomic E-state index is 1.13. The Hall–Kier alpha value is 0.219. The third-order valence-electron chi connectivity index (χ3n) is 0.827. The molecule has 0 aliphatic rings. The van der Waals surface area contributed by atoms with Crippen LogP contribution in [-0.2, 0) is 0 Å². The van der Waals surface area contributed by atoms with Gasteiger partial charge in [0.2, 0.25) is 0 Å². The Morgan fingerprint density at radius 1 is 1.12 bits per heavy atom. The summed E-state index contributed by atoms with van der Waals surface area (Å²) in [6.45, 7) is 0. The van der Waals surface area contributed by atoms with Gasteiger partial charge in [0.15, 0.2) is 0 Å².